The number of hydrogen-bond acceptors (Lipinski definition) is 4. The number of aryl methyl sites for hydroxylation is 1. The van der Waals surface area contributed by atoms with Crippen LogP contribution in [-0.2, 0) is 11.2 Å². The fourth-order valence-corrected chi connectivity index (χ4v) is 3.08. The maximum Gasteiger partial charge on any atom is 0.220 e. The van der Waals surface area contributed by atoms with Crippen LogP contribution in [0.5, 0.6) is 5.75 Å². The minimum atomic E-state index is 0.0126. The third-order valence-corrected chi connectivity index (χ3v) is 4.80. The molecule has 1 aromatic heterocycles. The monoisotopic (exact) mass is 378 g/mol. The maximum atomic E-state index is 12.2. The normalized spacial score (nSPS) is 11.8. The molecule has 3 aromatic rings. The van der Waals surface area contributed by atoms with Gasteiger partial charge in [-0.15, -0.1) is 0 Å². The number of nitrogens with one attached hydrogen (secondary N) is 1. The highest BCUT2D eigenvalue weighted by molar-refractivity contribution is 5.76. The zero-order valence-corrected chi connectivity index (χ0v) is 16.4. The Labute approximate surface area is 165 Å². The van der Waals surface area contributed by atoms with E-state index in [0.29, 0.717) is 37.0 Å². The van der Waals surface area contributed by atoms with Crippen molar-refractivity contribution in [3.63, 3.8) is 0 Å². The van der Waals surface area contributed by atoms with Gasteiger partial charge in [0.05, 0.1) is 13.3 Å². The van der Waals surface area contributed by atoms with Gasteiger partial charge in [0.15, 0.2) is 11.7 Å². The Kier molecular flexibility index (Phi) is 6.84. The van der Waals surface area contributed by atoms with Crippen molar-refractivity contribution in [3.8, 4) is 17.1 Å². The highest BCUT2D eigenvalue weighted by Gasteiger charge is 2.12. The van der Waals surface area contributed by atoms with Crippen LogP contribution in [0.2, 0.25) is 0 Å². The van der Waals surface area contributed by atoms with E-state index in [9.17, 15) is 4.79 Å². The quantitative estimate of drug-likeness (QED) is 0.591. The predicted octanol–water partition coefficient (Wildman–Crippen LogP) is 4.59. The lowest BCUT2D eigenvalue weighted by Gasteiger charge is -2.16. The summed E-state index contributed by atoms with van der Waals surface area (Å²) in [7, 11) is 1.63. The summed E-state index contributed by atoms with van der Waals surface area (Å²) in [6.45, 7) is 2.78. The highest BCUT2D eigenvalue weighted by Crippen LogP contribution is 2.23. The van der Waals surface area contributed by atoms with Crippen molar-refractivity contribution in [1.29, 1.82) is 0 Å². The van der Waals surface area contributed by atoms with E-state index < -0.39 is 0 Å². The van der Waals surface area contributed by atoms with Crippen LogP contribution in [0, 0.1) is 0 Å². The second-order valence-corrected chi connectivity index (χ2v) is 6.67. The van der Waals surface area contributed by atoms with Gasteiger partial charge in [-0.25, -0.2) is 4.98 Å². The van der Waals surface area contributed by atoms with E-state index in [4.69, 9.17) is 9.15 Å². The standard InChI is InChI=1S/C23H26N2O3/c1-3-17(18-7-5-4-6-8-18)15-24-22(26)13-14-23-25-16-21(28-23)19-9-11-20(27-2)12-10-19/h4-12,16-17H,3,13-15H2,1-2H3,(H,24,26). The van der Waals surface area contributed by atoms with Crippen molar-refractivity contribution >= 4 is 5.91 Å². The number of nitrogens with zero attached hydrogens (tertiary/aromatic N) is 1. The second kappa shape index (κ2) is 9.74. The minimum absolute atomic E-state index is 0.0126. The number of aromatic nitrogens is 1. The molecule has 1 unspecified atom stereocenters. The van der Waals surface area contributed by atoms with E-state index >= 15 is 0 Å². The molecule has 0 radical (unpaired) electrons. The van der Waals surface area contributed by atoms with E-state index in [1.807, 2.05) is 42.5 Å². The van der Waals surface area contributed by atoms with Crippen molar-refractivity contribution in [2.45, 2.75) is 32.1 Å². The topological polar surface area (TPSA) is 64.4 Å². The van der Waals surface area contributed by atoms with Gasteiger partial charge in [-0.05, 0) is 36.2 Å². The summed E-state index contributed by atoms with van der Waals surface area (Å²) in [5.41, 5.74) is 2.18. The molecule has 1 amide bonds. The summed E-state index contributed by atoms with van der Waals surface area (Å²) >= 11 is 0. The SMILES string of the molecule is CCC(CNC(=O)CCc1ncc(-c2ccc(OC)cc2)o1)c1ccccc1. The molecule has 1 heterocycles. The molecule has 28 heavy (non-hydrogen) atoms. The van der Waals surface area contributed by atoms with E-state index in [1.54, 1.807) is 13.3 Å². The summed E-state index contributed by atoms with van der Waals surface area (Å²) in [6, 6.07) is 17.9. The van der Waals surface area contributed by atoms with Gasteiger partial charge in [0.2, 0.25) is 5.91 Å². The fraction of sp³-hybridized carbons (Fsp3) is 0.304. The van der Waals surface area contributed by atoms with Gasteiger partial charge in [-0.1, -0.05) is 37.3 Å². The van der Waals surface area contributed by atoms with Crippen molar-refractivity contribution in [2.75, 3.05) is 13.7 Å². The largest absolute Gasteiger partial charge is 0.497 e. The first-order valence-corrected chi connectivity index (χ1v) is 9.60. The van der Waals surface area contributed by atoms with Gasteiger partial charge in [0, 0.05) is 30.9 Å². The Hall–Kier alpha value is -3.08. The molecule has 146 valence electrons. The first kappa shape index (κ1) is 19.7. The third kappa shape index (κ3) is 5.22. The first-order chi connectivity index (χ1) is 13.7. The average Bonchev–Trinajstić information content (AvgIpc) is 3.22. The van der Waals surface area contributed by atoms with Gasteiger partial charge in [0.1, 0.15) is 5.75 Å². The maximum absolute atomic E-state index is 12.2. The van der Waals surface area contributed by atoms with Crippen LogP contribution in [0.1, 0.15) is 37.1 Å². The molecule has 1 N–H and O–H groups in total. The summed E-state index contributed by atoms with van der Waals surface area (Å²) in [5.74, 6) is 2.39. The molecule has 3 rings (SSSR count). The number of ether oxygens (including phenoxy) is 1. The Morgan fingerprint density at radius 3 is 2.57 bits per heavy atom. The number of benzene rings is 2. The number of amides is 1. The summed E-state index contributed by atoms with van der Waals surface area (Å²) in [5, 5.41) is 3.03. The lowest BCUT2D eigenvalue weighted by atomic mass is 9.96. The molecule has 0 fully saturated rings. The van der Waals surface area contributed by atoms with Crippen molar-refractivity contribution in [2.24, 2.45) is 0 Å². The molecule has 2 aromatic carbocycles. The Bertz CT molecular complexity index is 872. The number of carbonyl (C=O) groups excluding carboxylic acids is 1. The van der Waals surface area contributed by atoms with Crippen molar-refractivity contribution in [1.82, 2.24) is 10.3 Å². The number of rotatable bonds is 9. The summed E-state index contributed by atoms with van der Waals surface area (Å²) < 4.78 is 10.9. The van der Waals surface area contributed by atoms with Gasteiger partial charge in [-0.2, -0.15) is 0 Å². The van der Waals surface area contributed by atoms with Crippen LogP contribution < -0.4 is 10.1 Å². The van der Waals surface area contributed by atoms with Crippen molar-refractivity contribution in [3.05, 3.63) is 72.2 Å². The molecular weight excluding hydrogens is 352 g/mol. The van der Waals surface area contributed by atoms with E-state index in [-0.39, 0.29) is 5.91 Å². The number of hydrogen-bond donors (Lipinski definition) is 1. The Morgan fingerprint density at radius 1 is 1.14 bits per heavy atom. The number of carbonyl (C=O) groups is 1. The summed E-state index contributed by atoms with van der Waals surface area (Å²) in [4.78, 5) is 16.5. The van der Waals surface area contributed by atoms with Gasteiger partial charge in [0.25, 0.3) is 0 Å². The molecular formula is C23H26N2O3. The van der Waals surface area contributed by atoms with E-state index in [0.717, 1.165) is 17.7 Å². The molecule has 0 spiro atoms. The molecule has 1 atom stereocenters. The van der Waals surface area contributed by atoms with Crippen LogP contribution in [-0.4, -0.2) is 24.5 Å². The highest BCUT2D eigenvalue weighted by atomic mass is 16.5. The molecule has 0 aliphatic heterocycles. The van der Waals surface area contributed by atoms with E-state index in [1.165, 1.54) is 5.56 Å². The fourth-order valence-electron chi connectivity index (χ4n) is 3.08. The van der Waals surface area contributed by atoms with Crippen LogP contribution >= 0.6 is 0 Å². The van der Waals surface area contributed by atoms with Gasteiger partial charge in [-0.3, -0.25) is 4.79 Å². The summed E-state index contributed by atoms with van der Waals surface area (Å²) in [6.07, 6.45) is 3.50. The molecule has 0 saturated heterocycles. The van der Waals surface area contributed by atoms with Crippen LogP contribution in [0.4, 0.5) is 0 Å². The van der Waals surface area contributed by atoms with Gasteiger partial charge < -0.3 is 14.5 Å². The molecule has 0 bridgehead atoms. The Balaban J connectivity index is 1.48. The molecule has 0 aliphatic rings. The zero-order chi connectivity index (χ0) is 19.8. The molecule has 0 saturated carbocycles. The molecule has 5 heteroatoms. The average molecular weight is 378 g/mol. The molecule has 0 aliphatic carbocycles. The van der Waals surface area contributed by atoms with Crippen LogP contribution in [0.3, 0.4) is 0 Å². The smallest absolute Gasteiger partial charge is 0.220 e. The zero-order valence-electron chi connectivity index (χ0n) is 16.4. The third-order valence-electron chi connectivity index (χ3n) is 4.80. The molecule has 5 nitrogen and oxygen atoms in total. The number of oxazole rings is 1. The van der Waals surface area contributed by atoms with Crippen LogP contribution in [0.15, 0.2) is 65.2 Å². The van der Waals surface area contributed by atoms with Crippen LogP contribution in [0.25, 0.3) is 11.3 Å². The Morgan fingerprint density at radius 2 is 1.89 bits per heavy atom. The second-order valence-electron chi connectivity index (χ2n) is 6.67. The minimum Gasteiger partial charge on any atom is -0.497 e. The van der Waals surface area contributed by atoms with Crippen molar-refractivity contribution < 1.29 is 13.9 Å². The lowest BCUT2D eigenvalue weighted by molar-refractivity contribution is -0.121. The number of methoxy groups -OCH3 is 1. The van der Waals surface area contributed by atoms with E-state index in [2.05, 4.69) is 29.4 Å². The lowest BCUT2D eigenvalue weighted by Crippen LogP contribution is -2.28. The van der Waals surface area contributed by atoms with Gasteiger partial charge >= 0.3 is 0 Å². The predicted molar refractivity (Wildman–Crippen MR) is 109 cm³/mol. The first-order valence-electron chi connectivity index (χ1n) is 9.60.